The number of nitrogens with two attached hydrogens (primary N) is 1. The van der Waals surface area contributed by atoms with Crippen molar-refractivity contribution in [2.45, 2.75) is 46.0 Å². The summed E-state index contributed by atoms with van der Waals surface area (Å²) in [7, 11) is 0. The van der Waals surface area contributed by atoms with Crippen molar-refractivity contribution in [2.24, 2.45) is 11.7 Å². The molecule has 19 heavy (non-hydrogen) atoms. The number of aryl methyl sites for hydroxylation is 1. The van der Waals surface area contributed by atoms with Crippen molar-refractivity contribution in [3.63, 3.8) is 0 Å². The second-order valence-corrected chi connectivity index (χ2v) is 4.93. The number of halogens is 3. The molecule has 0 spiro atoms. The van der Waals surface area contributed by atoms with Crippen LogP contribution in [0.4, 0.5) is 19.0 Å². The Morgan fingerprint density at radius 2 is 1.84 bits per heavy atom. The lowest BCUT2D eigenvalue weighted by Gasteiger charge is -2.26. The van der Waals surface area contributed by atoms with Gasteiger partial charge in [-0.3, -0.25) is 0 Å². The zero-order valence-corrected chi connectivity index (χ0v) is 11.4. The Morgan fingerprint density at radius 3 is 2.32 bits per heavy atom. The molecule has 0 unspecified atom stereocenters. The maximum Gasteiger partial charge on any atom is 0.421 e. The van der Waals surface area contributed by atoms with Crippen LogP contribution in [0.3, 0.4) is 0 Å². The van der Waals surface area contributed by atoms with Gasteiger partial charge in [0.25, 0.3) is 0 Å². The Hall–Kier alpha value is -1.37. The monoisotopic (exact) mass is 276 g/mol. The predicted molar refractivity (Wildman–Crippen MR) is 67.7 cm³/mol. The number of rotatable bonds is 4. The summed E-state index contributed by atoms with van der Waals surface area (Å²) in [5.74, 6) is 0.212. The van der Waals surface area contributed by atoms with Gasteiger partial charge < -0.3 is 11.1 Å². The van der Waals surface area contributed by atoms with E-state index < -0.39 is 11.7 Å². The van der Waals surface area contributed by atoms with Gasteiger partial charge in [-0.1, -0.05) is 13.8 Å². The average molecular weight is 276 g/mol. The van der Waals surface area contributed by atoms with Crippen LogP contribution >= 0.6 is 0 Å². The van der Waals surface area contributed by atoms with E-state index in [-0.39, 0.29) is 29.6 Å². The molecule has 1 aromatic heterocycles. The molecule has 0 amide bonds. The third kappa shape index (κ3) is 4.05. The molecule has 0 saturated carbocycles. The van der Waals surface area contributed by atoms with Crippen LogP contribution in [0.25, 0.3) is 0 Å². The molecule has 0 bridgehead atoms. The number of hydrogen-bond acceptors (Lipinski definition) is 4. The molecule has 0 aliphatic heterocycles. The first-order chi connectivity index (χ1) is 8.62. The molecule has 1 aromatic rings. The van der Waals surface area contributed by atoms with Crippen molar-refractivity contribution in [2.75, 3.05) is 5.32 Å². The lowest BCUT2D eigenvalue weighted by atomic mass is 9.98. The van der Waals surface area contributed by atoms with Gasteiger partial charge in [0.2, 0.25) is 0 Å². The highest BCUT2D eigenvalue weighted by molar-refractivity contribution is 5.45. The molecule has 0 fully saturated rings. The van der Waals surface area contributed by atoms with Crippen LogP contribution in [0.5, 0.6) is 0 Å². The molecule has 0 aliphatic rings. The van der Waals surface area contributed by atoms with E-state index in [9.17, 15) is 13.2 Å². The maximum absolute atomic E-state index is 12.8. The van der Waals surface area contributed by atoms with Crippen molar-refractivity contribution < 1.29 is 13.2 Å². The van der Waals surface area contributed by atoms with Gasteiger partial charge in [-0.2, -0.15) is 13.2 Å². The van der Waals surface area contributed by atoms with E-state index in [1.54, 1.807) is 13.8 Å². The fourth-order valence-electron chi connectivity index (χ4n) is 1.68. The first-order valence-corrected chi connectivity index (χ1v) is 6.06. The fraction of sp³-hybridized carbons (Fsp3) is 0.667. The molecular weight excluding hydrogens is 257 g/mol. The zero-order valence-electron chi connectivity index (χ0n) is 11.4. The lowest BCUT2D eigenvalue weighted by molar-refractivity contribution is -0.137. The summed E-state index contributed by atoms with van der Waals surface area (Å²) < 4.78 is 38.5. The highest BCUT2D eigenvalue weighted by atomic mass is 19.4. The first-order valence-electron chi connectivity index (χ1n) is 6.06. The SMILES string of the molecule is Cc1ncc(C(F)(F)F)c(N[C@H](C)[C@@H](N)C(C)C)n1. The van der Waals surface area contributed by atoms with Gasteiger partial charge in [-0.15, -0.1) is 0 Å². The van der Waals surface area contributed by atoms with E-state index in [4.69, 9.17) is 5.73 Å². The highest BCUT2D eigenvalue weighted by Gasteiger charge is 2.35. The number of nitrogens with zero attached hydrogens (tertiary/aromatic N) is 2. The fourth-order valence-corrected chi connectivity index (χ4v) is 1.68. The molecule has 3 N–H and O–H groups in total. The molecule has 1 heterocycles. The van der Waals surface area contributed by atoms with E-state index in [2.05, 4.69) is 15.3 Å². The number of aromatic nitrogens is 2. The van der Waals surface area contributed by atoms with Crippen molar-refractivity contribution in [3.8, 4) is 0 Å². The van der Waals surface area contributed by atoms with E-state index in [0.717, 1.165) is 6.20 Å². The molecular formula is C12H19F3N4. The Labute approximate surface area is 110 Å². The van der Waals surface area contributed by atoms with Crippen LogP contribution in [-0.4, -0.2) is 22.1 Å². The maximum atomic E-state index is 12.8. The van der Waals surface area contributed by atoms with Gasteiger partial charge in [0.15, 0.2) is 0 Å². The summed E-state index contributed by atoms with van der Waals surface area (Å²) in [5, 5.41) is 2.74. The Kier molecular flexibility index (Phi) is 4.73. The molecule has 0 saturated heterocycles. The molecule has 2 atom stereocenters. The third-order valence-electron chi connectivity index (χ3n) is 2.93. The lowest BCUT2D eigenvalue weighted by Crippen LogP contribution is -2.42. The Morgan fingerprint density at radius 1 is 1.26 bits per heavy atom. The van der Waals surface area contributed by atoms with Gasteiger partial charge in [0.05, 0.1) is 0 Å². The Balaban J connectivity index is 3.03. The van der Waals surface area contributed by atoms with Crippen LogP contribution in [0.2, 0.25) is 0 Å². The largest absolute Gasteiger partial charge is 0.421 e. The van der Waals surface area contributed by atoms with E-state index in [0.29, 0.717) is 0 Å². The van der Waals surface area contributed by atoms with Gasteiger partial charge in [-0.25, -0.2) is 9.97 Å². The van der Waals surface area contributed by atoms with Crippen molar-refractivity contribution in [1.82, 2.24) is 9.97 Å². The molecule has 0 radical (unpaired) electrons. The molecule has 7 heteroatoms. The summed E-state index contributed by atoms with van der Waals surface area (Å²) in [4.78, 5) is 7.41. The molecule has 0 aromatic carbocycles. The summed E-state index contributed by atoms with van der Waals surface area (Å²) in [6, 6.07) is -0.591. The van der Waals surface area contributed by atoms with Gasteiger partial charge in [0.1, 0.15) is 17.2 Å². The van der Waals surface area contributed by atoms with Crippen LogP contribution in [0.15, 0.2) is 6.20 Å². The van der Waals surface area contributed by atoms with Gasteiger partial charge >= 0.3 is 6.18 Å². The molecule has 1 rings (SSSR count). The topological polar surface area (TPSA) is 63.8 Å². The van der Waals surface area contributed by atoms with E-state index in [1.165, 1.54) is 0 Å². The number of nitrogens with one attached hydrogen (secondary N) is 1. The standard InChI is InChI=1S/C12H19F3N4/c1-6(2)10(16)7(3)18-11-9(12(13,14)15)5-17-8(4)19-11/h5-7,10H,16H2,1-4H3,(H,17,18,19)/t7-,10+/m1/s1. The van der Waals surface area contributed by atoms with Crippen LogP contribution < -0.4 is 11.1 Å². The zero-order chi connectivity index (χ0) is 14.8. The Bertz CT molecular complexity index is 431. The number of hydrogen-bond donors (Lipinski definition) is 2. The van der Waals surface area contributed by atoms with Crippen molar-refractivity contribution in [3.05, 3.63) is 17.6 Å². The van der Waals surface area contributed by atoms with Gasteiger partial charge in [-0.05, 0) is 19.8 Å². The summed E-state index contributed by atoms with van der Waals surface area (Å²) in [6.07, 6.45) is -3.70. The molecule has 0 aliphatic carbocycles. The molecule has 108 valence electrons. The smallest absolute Gasteiger partial charge is 0.365 e. The van der Waals surface area contributed by atoms with Crippen molar-refractivity contribution >= 4 is 5.82 Å². The first kappa shape index (κ1) is 15.7. The minimum atomic E-state index is -4.49. The summed E-state index contributed by atoms with van der Waals surface area (Å²) in [5.41, 5.74) is 5.04. The van der Waals surface area contributed by atoms with Crippen molar-refractivity contribution in [1.29, 1.82) is 0 Å². The van der Waals surface area contributed by atoms with Crippen LogP contribution in [0, 0.1) is 12.8 Å². The second-order valence-electron chi connectivity index (χ2n) is 4.93. The van der Waals surface area contributed by atoms with E-state index in [1.807, 2.05) is 13.8 Å². The number of anilines is 1. The number of alkyl halides is 3. The second kappa shape index (κ2) is 5.73. The van der Waals surface area contributed by atoms with E-state index >= 15 is 0 Å². The summed E-state index contributed by atoms with van der Waals surface area (Å²) >= 11 is 0. The minimum Gasteiger partial charge on any atom is -0.365 e. The highest BCUT2D eigenvalue weighted by Crippen LogP contribution is 2.33. The molecule has 4 nitrogen and oxygen atoms in total. The van der Waals surface area contributed by atoms with Gasteiger partial charge in [0, 0.05) is 18.3 Å². The quantitative estimate of drug-likeness (QED) is 0.887. The summed E-state index contributed by atoms with van der Waals surface area (Å²) in [6.45, 7) is 7.11. The third-order valence-corrected chi connectivity index (χ3v) is 2.93. The average Bonchev–Trinajstić information content (AvgIpc) is 2.26. The van der Waals surface area contributed by atoms with Crippen LogP contribution in [-0.2, 0) is 6.18 Å². The van der Waals surface area contributed by atoms with Crippen LogP contribution in [0.1, 0.15) is 32.2 Å². The predicted octanol–water partition coefficient (Wildman–Crippen LogP) is 2.59. The normalized spacial score (nSPS) is 15.4. The minimum absolute atomic E-state index is 0.153.